The second-order valence-electron chi connectivity index (χ2n) is 9.20. The first-order valence-electron chi connectivity index (χ1n) is 11.9. The number of carbonyl (C=O) groups excluding carboxylic acids is 1. The van der Waals surface area contributed by atoms with E-state index in [9.17, 15) is 4.79 Å². The Hall–Kier alpha value is -1.93. The Bertz CT molecular complexity index is 851. The van der Waals surface area contributed by atoms with Crippen LogP contribution >= 0.6 is 0 Å². The summed E-state index contributed by atoms with van der Waals surface area (Å²) < 4.78 is 6.63. The number of rotatable bonds is 12. The molecule has 0 radical (unpaired) electrons. The Labute approximate surface area is 183 Å². The number of hydrogen-bond acceptors (Lipinski definition) is 2. The van der Waals surface area contributed by atoms with E-state index >= 15 is 0 Å². The fraction of sp³-hybridized carbons (Fsp3) is 0.536. The van der Waals surface area contributed by atoms with Crippen LogP contribution in [0, 0.1) is 12.8 Å². The fourth-order valence-electron chi connectivity index (χ4n) is 4.81. The lowest BCUT2D eigenvalue weighted by Gasteiger charge is -2.32. The summed E-state index contributed by atoms with van der Waals surface area (Å²) in [6, 6.07) is 14.7. The third-order valence-corrected chi connectivity index (χ3v) is 6.37. The van der Waals surface area contributed by atoms with Crippen LogP contribution in [0.15, 0.2) is 42.5 Å². The van der Waals surface area contributed by atoms with Gasteiger partial charge in [0.2, 0.25) is 0 Å². The van der Waals surface area contributed by atoms with Crippen LogP contribution in [0.1, 0.15) is 88.8 Å². The molecule has 0 saturated heterocycles. The summed E-state index contributed by atoms with van der Waals surface area (Å²) in [6.07, 6.45) is 8.32. The van der Waals surface area contributed by atoms with Crippen molar-refractivity contribution < 1.29 is 9.53 Å². The van der Waals surface area contributed by atoms with E-state index in [-0.39, 0.29) is 5.78 Å². The molecule has 1 aliphatic carbocycles. The number of fused-ring (bicyclic) bond motifs is 3. The first-order chi connectivity index (χ1) is 14.5. The first kappa shape index (κ1) is 22.7. The molecule has 1 unspecified atom stereocenters. The molecule has 1 aliphatic rings. The highest BCUT2D eigenvalue weighted by Crippen LogP contribution is 2.52. The molecule has 0 aliphatic heterocycles. The lowest BCUT2D eigenvalue weighted by Crippen LogP contribution is -2.39. The molecule has 0 aromatic heterocycles. The van der Waals surface area contributed by atoms with Gasteiger partial charge in [-0.2, -0.15) is 0 Å². The normalized spacial score (nSPS) is 17.2. The number of carbonyl (C=O) groups is 1. The van der Waals surface area contributed by atoms with Crippen LogP contribution in [-0.2, 0) is 15.1 Å². The van der Waals surface area contributed by atoms with Gasteiger partial charge >= 0.3 is 0 Å². The summed E-state index contributed by atoms with van der Waals surface area (Å²) >= 11 is 0. The van der Waals surface area contributed by atoms with E-state index in [1.807, 2.05) is 6.07 Å². The summed E-state index contributed by atoms with van der Waals surface area (Å²) in [4.78, 5) is 13.9. The topological polar surface area (TPSA) is 26.3 Å². The van der Waals surface area contributed by atoms with Crippen LogP contribution in [-0.4, -0.2) is 12.4 Å². The number of benzene rings is 2. The fourth-order valence-corrected chi connectivity index (χ4v) is 4.81. The van der Waals surface area contributed by atoms with Crippen LogP contribution in [0.5, 0.6) is 0 Å². The zero-order valence-corrected chi connectivity index (χ0v) is 19.3. The summed E-state index contributed by atoms with van der Waals surface area (Å²) in [5.41, 5.74) is 4.64. The second-order valence-corrected chi connectivity index (χ2v) is 9.20. The van der Waals surface area contributed by atoms with Crippen molar-refractivity contribution in [2.45, 2.75) is 84.7 Å². The Morgan fingerprint density at radius 2 is 1.70 bits per heavy atom. The van der Waals surface area contributed by atoms with Crippen LogP contribution < -0.4 is 0 Å². The molecular formula is C28H38O2. The van der Waals surface area contributed by atoms with Gasteiger partial charge < -0.3 is 4.74 Å². The maximum absolute atomic E-state index is 13.9. The zero-order chi connectivity index (χ0) is 21.6. The van der Waals surface area contributed by atoms with Crippen LogP contribution in [0.4, 0.5) is 0 Å². The Kier molecular flexibility index (Phi) is 7.88. The molecule has 0 saturated carbocycles. The van der Waals surface area contributed by atoms with E-state index in [1.54, 1.807) is 0 Å². The molecule has 162 valence electrons. The number of unbranched alkanes of at least 4 members (excludes halogenated alkanes) is 4. The molecule has 0 bridgehead atoms. The van der Waals surface area contributed by atoms with Gasteiger partial charge in [-0.25, -0.2) is 0 Å². The van der Waals surface area contributed by atoms with Gasteiger partial charge in [-0.3, -0.25) is 4.79 Å². The maximum Gasteiger partial charge on any atom is 0.177 e. The molecule has 2 aromatic carbocycles. The molecular weight excluding hydrogens is 368 g/mol. The standard InChI is InChI=1S/C28H38O2/c1-5-6-12-20-30-28(26(29)19-9-7-8-14-21(2)3)25-18-11-10-16-23(25)24-17-13-15-22(4)27(24)28/h10-11,13,15-18,21H,5-9,12,14,19-20H2,1-4H3. The summed E-state index contributed by atoms with van der Waals surface area (Å²) in [5, 5.41) is 0. The van der Waals surface area contributed by atoms with Crippen molar-refractivity contribution in [1.29, 1.82) is 0 Å². The van der Waals surface area contributed by atoms with Crippen molar-refractivity contribution >= 4 is 5.78 Å². The number of ether oxygens (including phenoxy) is 1. The minimum atomic E-state index is -0.941. The molecule has 0 heterocycles. The van der Waals surface area contributed by atoms with E-state index < -0.39 is 5.60 Å². The SMILES string of the molecule is CCCCCOC1(C(=O)CCCCCC(C)C)c2ccccc2-c2cccc(C)c21. The van der Waals surface area contributed by atoms with Crippen molar-refractivity contribution in [1.82, 2.24) is 0 Å². The van der Waals surface area contributed by atoms with Gasteiger partial charge in [0, 0.05) is 24.2 Å². The van der Waals surface area contributed by atoms with Crippen molar-refractivity contribution in [2.75, 3.05) is 6.61 Å². The average molecular weight is 407 g/mol. The Balaban J connectivity index is 1.93. The molecule has 2 nitrogen and oxygen atoms in total. The number of hydrogen-bond donors (Lipinski definition) is 0. The van der Waals surface area contributed by atoms with Crippen LogP contribution in [0.3, 0.4) is 0 Å². The summed E-state index contributed by atoms with van der Waals surface area (Å²) in [6.45, 7) is 9.46. The van der Waals surface area contributed by atoms with Crippen molar-refractivity contribution in [3.05, 3.63) is 59.2 Å². The molecule has 1 atom stereocenters. The van der Waals surface area contributed by atoms with Crippen molar-refractivity contribution in [2.24, 2.45) is 5.92 Å². The third-order valence-electron chi connectivity index (χ3n) is 6.37. The van der Waals surface area contributed by atoms with E-state index in [2.05, 4.69) is 64.1 Å². The smallest absolute Gasteiger partial charge is 0.177 e. The zero-order valence-electron chi connectivity index (χ0n) is 19.3. The molecule has 3 rings (SSSR count). The molecule has 0 spiro atoms. The highest BCUT2D eigenvalue weighted by Gasteiger charge is 2.50. The molecule has 2 heteroatoms. The van der Waals surface area contributed by atoms with Crippen molar-refractivity contribution in [3.63, 3.8) is 0 Å². The summed E-state index contributed by atoms with van der Waals surface area (Å²) in [7, 11) is 0. The monoisotopic (exact) mass is 406 g/mol. The van der Waals surface area contributed by atoms with Gasteiger partial charge in [0.05, 0.1) is 0 Å². The van der Waals surface area contributed by atoms with E-state index in [1.165, 1.54) is 12.8 Å². The molecule has 0 amide bonds. The minimum Gasteiger partial charge on any atom is -0.358 e. The van der Waals surface area contributed by atoms with Gasteiger partial charge in [0.25, 0.3) is 0 Å². The van der Waals surface area contributed by atoms with Crippen LogP contribution in [0.2, 0.25) is 0 Å². The number of Topliss-reactive ketones (excluding diaryl/α,β-unsaturated/α-hetero) is 1. The maximum atomic E-state index is 13.9. The predicted molar refractivity (Wildman–Crippen MR) is 126 cm³/mol. The van der Waals surface area contributed by atoms with Crippen LogP contribution in [0.25, 0.3) is 11.1 Å². The average Bonchev–Trinajstić information content (AvgIpc) is 3.03. The van der Waals surface area contributed by atoms with E-state index in [0.717, 1.165) is 65.8 Å². The van der Waals surface area contributed by atoms with Crippen molar-refractivity contribution in [3.8, 4) is 11.1 Å². The third kappa shape index (κ3) is 4.54. The highest BCUT2D eigenvalue weighted by atomic mass is 16.5. The quantitative estimate of drug-likeness (QED) is 0.339. The second kappa shape index (κ2) is 10.4. The van der Waals surface area contributed by atoms with E-state index in [4.69, 9.17) is 4.74 Å². The van der Waals surface area contributed by atoms with Gasteiger partial charge in [0.1, 0.15) is 0 Å². The summed E-state index contributed by atoms with van der Waals surface area (Å²) in [5.74, 6) is 0.953. The Morgan fingerprint density at radius 1 is 0.933 bits per heavy atom. The first-order valence-corrected chi connectivity index (χ1v) is 11.9. The van der Waals surface area contributed by atoms with Gasteiger partial charge in [-0.05, 0) is 42.4 Å². The Morgan fingerprint density at radius 3 is 2.47 bits per heavy atom. The number of aryl methyl sites for hydroxylation is 1. The van der Waals surface area contributed by atoms with Gasteiger partial charge in [-0.1, -0.05) is 95.3 Å². The molecule has 30 heavy (non-hydrogen) atoms. The minimum absolute atomic E-state index is 0.226. The lowest BCUT2D eigenvalue weighted by molar-refractivity contribution is -0.140. The molecule has 0 N–H and O–H groups in total. The molecule has 2 aromatic rings. The van der Waals surface area contributed by atoms with Gasteiger partial charge in [-0.15, -0.1) is 0 Å². The highest BCUT2D eigenvalue weighted by molar-refractivity contribution is 6.00. The number of ketones is 1. The largest absolute Gasteiger partial charge is 0.358 e. The predicted octanol–water partition coefficient (Wildman–Crippen LogP) is 7.60. The van der Waals surface area contributed by atoms with E-state index in [0.29, 0.717) is 13.0 Å². The lowest BCUT2D eigenvalue weighted by atomic mass is 9.82. The molecule has 0 fully saturated rings. The van der Waals surface area contributed by atoms with Gasteiger partial charge in [0.15, 0.2) is 11.4 Å².